The Kier molecular flexibility index (Phi) is 3.83. The van der Waals surface area contributed by atoms with Crippen molar-refractivity contribution in [3.63, 3.8) is 0 Å². The highest BCUT2D eigenvalue weighted by Gasteiger charge is 2.35. The number of carbonyl (C=O) groups excluding carboxylic acids is 1. The van der Waals surface area contributed by atoms with Gasteiger partial charge in [0, 0.05) is 23.8 Å². The zero-order valence-corrected chi connectivity index (χ0v) is 12.2. The van der Waals surface area contributed by atoms with Gasteiger partial charge in [0.15, 0.2) is 0 Å². The van der Waals surface area contributed by atoms with Gasteiger partial charge >= 0.3 is 0 Å². The quantitative estimate of drug-likeness (QED) is 0.837. The lowest BCUT2D eigenvalue weighted by atomic mass is 9.70. The van der Waals surface area contributed by atoms with Crippen molar-refractivity contribution in [1.82, 2.24) is 0 Å². The van der Waals surface area contributed by atoms with Crippen LogP contribution < -0.4 is 9.47 Å². The second kappa shape index (κ2) is 5.24. The molecule has 2 rings (SSSR count). The maximum absolute atomic E-state index is 11.8. The van der Waals surface area contributed by atoms with Gasteiger partial charge < -0.3 is 9.47 Å². The van der Waals surface area contributed by atoms with E-state index >= 15 is 0 Å². The van der Waals surface area contributed by atoms with E-state index in [4.69, 9.17) is 9.47 Å². The minimum Gasteiger partial charge on any atom is -0.496 e. The summed E-state index contributed by atoms with van der Waals surface area (Å²) in [5.41, 5.74) is 2.00. The van der Waals surface area contributed by atoms with E-state index in [9.17, 15) is 4.79 Å². The van der Waals surface area contributed by atoms with E-state index in [1.807, 2.05) is 19.1 Å². The number of hydrogen-bond acceptors (Lipinski definition) is 3. The fraction of sp³-hybridized carbons (Fsp3) is 0.562. The van der Waals surface area contributed by atoms with E-state index in [0.29, 0.717) is 18.6 Å². The highest BCUT2D eigenvalue weighted by molar-refractivity contribution is 5.81. The predicted molar refractivity (Wildman–Crippen MR) is 75.1 cm³/mol. The average Bonchev–Trinajstić information content (AvgIpc) is 2.37. The second-order valence-corrected chi connectivity index (χ2v) is 5.65. The molecule has 0 aliphatic heterocycles. The van der Waals surface area contributed by atoms with E-state index in [0.717, 1.165) is 35.5 Å². The summed E-state index contributed by atoms with van der Waals surface area (Å²) in [7, 11) is 3.35. The number of carbonyl (C=O) groups is 1. The van der Waals surface area contributed by atoms with Gasteiger partial charge in [0.1, 0.15) is 17.3 Å². The van der Waals surface area contributed by atoms with Crippen LogP contribution in [-0.4, -0.2) is 20.0 Å². The van der Waals surface area contributed by atoms with Crippen LogP contribution in [0.5, 0.6) is 11.5 Å². The lowest BCUT2D eigenvalue weighted by molar-refractivity contribution is -0.121. The van der Waals surface area contributed by atoms with E-state index in [-0.39, 0.29) is 5.41 Å². The minimum atomic E-state index is -0.137. The highest BCUT2D eigenvalue weighted by Crippen LogP contribution is 2.44. The maximum Gasteiger partial charge on any atom is 0.133 e. The first kappa shape index (κ1) is 13.9. The first-order valence-electron chi connectivity index (χ1n) is 6.75. The Hall–Kier alpha value is -1.51. The van der Waals surface area contributed by atoms with Crippen molar-refractivity contribution in [2.75, 3.05) is 14.2 Å². The summed E-state index contributed by atoms with van der Waals surface area (Å²) in [5.74, 6) is 2.06. The summed E-state index contributed by atoms with van der Waals surface area (Å²) in [6.07, 6.45) is 3.27. The van der Waals surface area contributed by atoms with Crippen molar-refractivity contribution in [2.24, 2.45) is 0 Å². The van der Waals surface area contributed by atoms with Crippen LogP contribution in [0.25, 0.3) is 0 Å². The molecule has 1 aromatic rings. The first-order chi connectivity index (χ1) is 9.00. The van der Waals surface area contributed by atoms with Crippen LogP contribution in [0.3, 0.4) is 0 Å². The molecule has 3 nitrogen and oxygen atoms in total. The molecule has 1 unspecified atom stereocenters. The molecule has 104 valence electrons. The largest absolute Gasteiger partial charge is 0.496 e. The molecule has 0 heterocycles. The number of benzene rings is 1. The number of hydrogen-bond donors (Lipinski definition) is 0. The molecule has 1 aliphatic carbocycles. The molecule has 1 fully saturated rings. The zero-order chi connectivity index (χ0) is 14.0. The Bertz CT molecular complexity index is 493. The Morgan fingerprint density at radius 3 is 2.42 bits per heavy atom. The summed E-state index contributed by atoms with van der Waals surface area (Å²) in [6, 6.07) is 4.03. The SMILES string of the molecule is COc1cc(C2(C)CCCC(=O)C2)c(OC)cc1C. The van der Waals surface area contributed by atoms with E-state index in [1.165, 1.54) is 0 Å². The van der Waals surface area contributed by atoms with Crippen molar-refractivity contribution in [2.45, 2.75) is 44.9 Å². The molecule has 19 heavy (non-hydrogen) atoms. The van der Waals surface area contributed by atoms with Crippen LogP contribution in [0, 0.1) is 6.92 Å². The minimum absolute atomic E-state index is 0.137. The molecule has 1 aliphatic rings. The topological polar surface area (TPSA) is 35.5 Å². The monoisotopic (exact) mass is 262 g/mol. The van der Waals surface area contributed by atoms with Crippen LogP contribution in [0.15, 0.2) is 12.1 Å². The molecule has 0 aromatic heterocycles. The molecular formula is C16H22O3. The molecule has 0 spiro atoms. The van der Waals surface area contributed by atoms with Gasteiger partial charge in [-0.15, -0.1) is 0 Å². The zero-order valence-electron chi connectivity index (χ0n) is 12.2. The summed E-state index contributed by atoms with van der Waals surface area (Å²) in [6.45, 7) is 4.15. The number of rotatable bonds is 3. The fourth-order valence-electron chi connectivity index (χ4n) is 3.04. The van der Waals surface area contributed by atoms with Crippen LogP contribution in [0.1, 0.15) is 43.7 Å². The predicted octanol–water partition coefficient (Wildman–Crippen LogP) is 3.41. The van der Waals surface area contributed by atoms with Crippen molar-refractivity contribution < 1.29 is 14.3 Å². The molecular weight excluding hydrogens is 240 g/mol. The third-order valence-corrected chi connectivity index (χ3v) is 4.14. The van der Waals surface area contributed by atoms with Crippen molar-refractivity contribution in [1.29, 1.82) is 0 Å². The number of ether oxygens (including phenoxy) is 2. The molecule has 0 bridgehead atoms. The van der Waals surface area contributed by atoms with Gasteiger partial charge in [-0.05, 0) is 37.5 Å². The van der Waals surface area contributed by atoms with Crippen LogP contribution >= 0.6 is 0 Å². The Morgan fingerprint density at radius 2 is 1.84 bits per heavy atom. The van der Waals surface area contributed by atoms with Gasteiger partial charge in [-0.2, -0.15) is 0 Å². The van der Waals surface area contributed by atoms with Crippen LogP contribution in [-0.2, 0) is 10.2 Å². The molecule has 0 amide bonds. The van der Waals surface area contributed by atoms with Gasteiger partial charge in [-0.3, -0.25) is 4.79 Å². The fourth-order valence-corrected chi connectivity index (χ4v) is 3.04. The molecule has 0 N–H and O–H groups in total. The van der Waals surface area contributed by atoms with Gasteiger partial charge in [0.25, 0.3) is 0 Å². The summed E-state index contributed by atoms with van der Waals surface area (Å²) in [4.78, 5) is 11.8. The van der Waals surface area contributed by atoms with E-state index in [1.54, 1.807) is 14.2 Å². The third kappa shape index (κ3) is 2.60. The Morgan fingerprint density at radius 1 is 1.16 bits per heavy atom. The molecule has 0 radical (unpaired) electrons. The van der Waals surface area contributed by atoms with Crippen LogP contribution in [0.4, 0.5) is 0 Å². The molecule has 1 atom stereocenters. The smallest absolute Gasteiger partial charge is 0.133 e. The molecule has 3 heteroatoms. The van der Waals surface area contributed by atoms with Gasteiger partial charge in [-0.1, -0.05) is 6.92 Å². The van der Waals surface area contributed by atoms with Crippen LogP contribution in [0.2, 0.25) is 0 Å². The summed E-state index contributed by atoms with van der Waals surface area (Å²) >= 11 is 0. The Labute approximate surface area is 114 Å². The first-order valence-corrected chi connectivity index (χ1v) is 6.75. The van der Waals surface area contributed by atoms with Gasteiger partial charge in [0.05, 0.1) is 14.2 Å². The van der Waals surface area contributed by atoms with Crippen molar-refractivity contribution in [3.8, 4) is 11.5 Å². The normalized spacial score (nSPS) is 23.3. The summed E-state index contributed by atoms with van der Waals surface area (Å²) in [5, 5.41) is 0. The maximum atomic E-state index is 11.8. The lowest BCUT2D eigenvalue weighted by Crippen LogP contribution is -2.30. The number of aryl methyl sites for hydroxylation is 1. The highest BCUT2D eigenvalue weighted by atomic mass is 16.5. The van der Waals surface area contributed by atoms with Crippen molar-refractivity contribution >= 4 is 5.78 Å². The van der Waals surface area contributed by atoms with Crippen molar-refractivity contribution in [3.05, 3.63) is 23.3 Å². The Balaban J connectivity index is 2.50. The average molecular weight is 262 g/mol. The van der Waals surface area contributed by atoms with E-state index < -0.39 is 0 Å². The molecule has 1 saturated carbocycles. The summed E-state index contributed by atoms with van der Waals surface area (Å²) < 4.78 is 10.9. The number of ketones is 1. The van der Waals surface area contributed by atoms with Gasteiger partial charge in [-0.25, -0.2) is 0 Å². The second-order valence-electron chi connectivity index (χ2n) is 5.65. The number of Topliss-reactive ketones (excluding diaryl/α,β-unsaturated/α-hetero) is 1. The molecule has 0 saturated heterocycles. The number of methoxy groups -OCH3 is 2. The third-order valence-electron chi connectivity index (χ3n) is 4.14. The van der Waals surface area contributed by atoms with Gasteiger partial charge in [0.2, 0.25) is 0 Å². The molecule has 1 aromatic carbocycles. The van der Waals surface area contributed by atoms with E-state index in [2.05, 4.69) is 6.92 Å². The standard InChI is InChI=1S/C16H22O3/c1-11-8-15(19-4)13(9-14(11)18-3)16(2)7-5-6-12(17)10-16/h8-9H,5-7,10H2,1-4H3. The lowest BCUT2D eigenvalue weighted by Gasteiger charge is -2.34.